The van der Waals surface area contributed by atoms with Gasteiger partial charge in [-0.3, -0.25) is 9.59 Å². The average Bonchev–Trinajstić information content (AvgIpc) is 2.50. The van der Waals surface area contributed by atoms with Crippen molar-refractivity contribution in [3.63, 3.8) is 0 Å². The van der Waals surface area contributed by atoms with Crippen molar-refractivity contribution in [1.82, 2.24) is 5.32 Å². The molecule has 0 fully saturated rings. The van der Waals surface area contributed by atoms with Crippen molar-refractivity contribution in [2.75, 3.05) is 6.61 Å². The summed E-state index contributed by atoms with van der Waals surface area (Å²) in [5.74, 6) is -0.415. The minimum absolute atomic E-state index is 0.0295. The third-order valence-corrected chi connectivity index (χ3v) is 3.53. The number of benzene rings is 1. The predicted octanol–water partition coefficient (Wildman–Crippen LogP) is 2.76. The molecule has 4 heteroatoms. The highest BCUT2D eigenvalue weighted by molar-refractivity contribution is 5.77. The number of cyclic esters (lactones) is 1. The molecular weight excluding hydrogens is 266 g/mol. The Balaban J connectivity index is 2.13. The van der Waals surface area contributed by atoms with Crippen molar-refractivity contribution in [3.05, 3.63) is 48.0 Å². The molecule has 1 heterocycles. The van der Waals surface area contributed by atoms with E-state index >= 15 is 0 Å². The van der Waals surface area contributed by atoms with Crippen molar-refractivity contribution in [2.45, 2.75) is 32.2 Å². The number of esters is 1. The van der Waals surface area contributed by atoms with E-state index in [0.717, 1.165) is 5.56 Å². The number of carbonyl (C=O) groups excluding carboxylic acids is 2. The fourth-order valence-electron chi connectivity index (χ4n) is 2.21. The lowest BCUT2D eigenvalue weighted by Gasteiger charge is -2.20. The fourth-order valence-corrected chi connectivity index (χ4v) is 2.21. The lowest BCUT2D eigenvalue weighted by Crippen LogP contribution is -2.32. The molecule has 4 nitrogen and oxygen atoms in total. The van der Waals surface area contributed by atoms with E-state index < -0.39 is 0 Å². The average molecular weight is 287 g/mol. The van der Waals surface area contributed by atoms with Crippen LogP contribution in [0.2, 0.25) is 0 Å². The van der Waals surface area contributed by atoms with Gasteiger partial charge in [-0.1, -0.05) is 49.4 Å². The second-order valence-electron chi connectivity index (χ2n) is 5.31. The first-order chi connectivity index (χ1) is 10.2. The summed E-state index contributed by atoms with van der Waals surface area (Å²) in [6.45, 7) is 2.02. The van der Waals surface area contributed by atoms with Gasteiger partial charge in [-0.15, -0.1) is 0 Å². The zero-order valence-corrected chi connectivity index (χ0v) is 12.2. The molecule has 0 saturated carbocycles. The van der Waals surface area contributed by atoms with E-state index in [1.165, 1.54) is 0 Å². The summed E-state index contributed by atoms with van der Waals surface area (Å²) >= 11 is 0. The number of amides is 1. The van der Waals surface area contributed by atoms with Crippen molar-refractivity contribution in [1.29, 1.82) is 0 Å². The van der Waals surface area contributed by atoms with Crippen LogP contribution in [0.3, 0.4) is 0 Å². The monoisotopic (exact) mass is 287 g/mol. The minimum atomic E-state index is -0.293. The van der Waals surface area contributed by atoms with Gasteiger partial charge in [0.05, 0.1) is 12.0 Å². The Labute approximate surface area is 125 Å². The molecule has 1 aliphatic heterocycles. The van der Waals surface area contributed by atoms with Crippen LogP contribution < -0.4 is 5.32 Å². The summed E-state index contributed by atoms with van der Waals surface area (Å²) in [4.78, 5) is 23.9. The number of ether oxygens (including phenoxy) is 1. The maximum atomic E-state index is 11.9. The Bertz CT molecular complexity index is 510. The highest BCUT2D eigenvalue weighted by Gasteiger charge is 2.19. The molecule has 0 saturated heterocycles. The number of carbonyl (C=O) groups is 2. The van der Waals surface area contributed by atoms with Crippen LogP contribution in [0.5, 0.6) is 0 Å². The van der Waals surface area contributed by atoms with Gasteiger partial charge in [0, 0.05) is 6.42 Å². The largest absolute Gasteiger partial charge is 0.463 e. The van der Waals surface area contributed by atoms with Crippen LogP contribution in [0.4, 0.5) is 0 Å². The molecule has 1 aliphatic rings. The standard InChI is InChI=1S/C17H21NO3/c1-13-8-4-2-7-11-16(19)18-15(12-21-17(13)20)14-9-5-3-6-10-14/h2-6,9-10,13,15H,7-8,11-12H2,1H3,(H,18,19)/b4-2+. The first-order valence-electron chi connectivity index (χ1n) is 7.32. The van der Waals surface area contributed by atoms with Crippen LogP contribution in [0.25, 0.3) is 0 Å². The summed E-state index contributed by atoms with van der Waals surface area (Å²) in [6.07, 6.45) is 5.67. The molecule has 2 atom stereocenters. The van der Waals surface area contributed by atoms with Gasteiger partial charge in [0.2, 0.25) is 5.91 Å². The number of nitrogens with one attached hydrogen (secondary N) is 1. The molecule has 1 aromatic rings. The van der Waals surface area contributed by atoms with Gasteiger partial charge in [-0.25, -0.2) is 0 Å². The van der Waals surface area contributed by atoms with Crippen molar-refractivity contribution >= 4 is 11.9 Å². The first kappa shape index (κ1) is 15.3. The van der Waals surface area contributed by atoms with Crippen LogP contribution >= 0.6 is 0 Å². The van der Waals surface area contributed by atoms with E-state index in [0.29, 0.717) is 19.3 Å². The highest BCUT2D eigenvalue weighted by Crippen LogP contribution is 2.16. The third-order valence-electron chi connectivity index (χ3n) is 3.53. The second kappa shape index (κ2) is 7.62. The van der Waals surface area contributed by atoms with E-state index in [1.54, 1.807) is 0 Å². The molecule has 2 unspecified atom stereocenters. The summed E-state index contributed by atoms with van der Waals surface area (Å²) in [5.41, 5.74) is 0.943. The molecule has 2 rings (SSSR count). The Hall–Kier alpha value is -2.10. The normalized spacial score (nSPS) is 26.0. The van der Waals surface area contributed by atoms with Gasteiger partial charge < -0.3 is 10.1 Å². The molecular formula is C17H21NO3. The quantitative estimate of drug-likeness (QED) is 0.638. The first-order valence-corrected chi connectivity index (χ1v) is 7.32. The van der Waals surface area contributed by atoms with Crippen LogP contribution in [0.1, 0.15) is 37.8 Å². The Morgan fingerprint density at radius 1 is 1.14 bits per heavy atom. The second-order valence-corrected chi connectivity index (χ2v) is 5.31. The molecule has 0 spiro atoms. The maximum absolute atomic E-state index is 11.9. The Kier molecular flexibility index (Phi) is 5.55. The maximum Gasteiger partial charge on any atom is 0.309 e. The zero-order valence-electron chi connectivity index (χ0n) is 12.2. The van der Waals surface area contributed by atoms with Crippen molar-refractivity contribution < 1.29 is 14.3 Å². The molecule has 0 bridgehead atoms. The number of rotatable bonds is 1. The Morgan fingerprint density at radius 3 is 2.67 bits per heavy atom. The van der Waals surface area contributed by atoms with Crippen LogP contribution in [0.15, 0.2) is 42.5 Å². The Morgan fingerprint density at radius 2 is 1.90 bits per heavy atom. The van der Waals surface area contributed by atoms with Crippen LogP contribution in [0, 0.1) is 5.92 Å². The van der Waals surface area contributed by atoms with Crippen molar-refractivity contribution in [3.8, 4) is 0 Å². The van der Waals surface area contributed by atoms with E-state index in [2.05, 4.69) is 5.32 Å². The van der Waals surface area contributed by atoms with E-state index in [-0.39, 0.29) is 30.4 Å². The van der Waals surface area contributed by atoms with Crippen molar-refractivity contribution in [2.24, 2.45) is 5.92 Å². The molecule has 0 aliphatic carbocycles. The number of hydrogen-bond donors (Lipinski definition) is 1. The topological polar surface area (TPSA) is 55.4 Å². The number of allylic oxidation sites excluding steroid dienone is 2. The van der Waals surface area contributed by atoms with Gasteiger partial charge in [-0.05, 0) is 18.4 Å². The lowest BCUT2D eigenvalue weighted by molar-refractivity contribution is -0.149. The van der Waals surface area contributed by atoms with Crippen LogP contribution in [-0.2, 0) is 14.3 Å². The number of hydrogen-bond acceptors (Lipinski definition) is 3. The predicted molar refractivity (Wildman–Crippen MR) is 80.4 cm³/mol. The van der Waals surface area contributed by atoms with Gasteiger partial charge >= 0.3 is 5.97 Å². The molecule has 0 aromatic heterocycles. The lowest BCUT2D eigenvalue weighted by atomic mass is 10.1. The molecule has 112 valence electrons. The zero-order chi connectivity index (χ0) is 15.1. The van der Waals surface area contributed by atoms with E-state index in [4.69, 9.17) is 4.74 Å². The molecule has 1 N–H and O–H groups in total. The summed E-state index contributed by atoms with van der Waals surface area (Å²) in [6, 6.07) is 9.29. The summed E-state index contributed by atoms with van der Waals surface area (Å²) < 4.78 is 5.35. The molecule has 1 aromatic carbocycles. The van der Waals surface area contributed by atoms with Gasteiger partial charge in [0.1, 0.15) is 6.61 Å². The minimum Gasteiger partial charge on any atom is -0.463 e. The van der Waals surface area contributed by atoms with E-state index in [1.807, 2.05) is 49.4 Å². The van der Waals surface area contributed by atoms with E-state index in [9.17, 15) is 9.59 Å². The summed E-state index contributed by atoms with van der Waals surface area (Å²) in [5, 5.41) is 2.94. The van der Waals surface area contributed by atoms with Gasteiger partial charge in [0.15, 0.2) is 0 Å². The third kappa shape index (κ3) is 4.74. The highest BCUT2D eigenvalue weighted by atomic mass is 16.5. The van der Waals surface area contributed by atoms with Gasteiger partial charge in [0.25, 0.3) is 0 Å². The molecule has 0 radical (unpaired) electrons. The fraction of sp³-hybridized carbons (Fsp3) is 0.412. The van der Waals surface area contributed by atoms with Gasteiger partial charge in [-0.2, -0.15) is 0 Å². The molecule has 1 amide bonds. The summed E-state index contributed by atoms with van der Waals surface area (Å²) in [7, 11) is 0. The SMILES string of the molecule is CC1C/C=C/CCC(=O)NC(c2ccccc2)COC1=O. The smallest absolute Gasteiger partial charge is 0.309 e. The molecule has 21 heavy (non-hydrogen) atoms. The van der Waals surface area contributed by atoms with Crippen LogP contribution in [-0.4, -0.2) is 18.5 Å².